The van der Waals surface area contributed by atoms with E-state index in [0.29, 0.717) is 24.4 Å². The summed E-state index contributed by atoms with van der Waals surface area (Å²) in [5, 5.41) is 0.898. The van der Waals surface area contributed by atoms with Crippen molar-refractivity contribution in [2.45, 2.75) is 20.4 Å². The maximum Gasteiger partial charge on any atom is 0.246 e. The predicted molar refractivity (Wildman–Crippen MR) is 145 cm³/mol. The van der Waals surface area contributed by atoms with E-state index >= 15 is 0 Å². The maximum absolute atomic E-state index is 13.5. The number of hydrogen-bond acceptors (Lipinski definition) is 4. The normalized spacial score (nSPS) is 14.8. The monoisotopic (exact) mass is 498 g/mol. The van der Waals surface area contributed by atoms with Crippen molar-refractivity contribution in [1.29, 1.82) is 0 Å². The van der Waals surface area contributed by atoms with Crippen LogP contribution in [0.4, 0.5) is 4.39 Å². The predicted octanol–water partition coefficient (Wildman–Crippen LogP) is 6.30. The fraction of sp³-hybridized carbons (Fsp3) is 0.258. The van der Waals surface area contributed by atoms with Gasteiger partial charge in [-0.1, -0.05) is 42.5 Å². The molecule has 1 saturated heterocycles. The van der Waals surface area contributed by atoms with Gasteiger partial charge in [-0.15, -0.1) is 0 Å². The molecule has 5 rings (SSSR count). The van der Waals surface area contributed by atoms with Gasteiger partial charge in [0.15, 0.2) is 0 Å². The molecular weight excluding hydrogens is 467 g/mol. The molecule has 6 heteroatoms. The Morgan fingerprint density at radius 1 is 1.05 bits per heavy atom. The lowest BCUT2D eigenvalue weighted by molar-refractivity contribution is -0.127. The smallest absolute Gasteiger partial charge is 0.246 e. The first-order valence-corrected chi connectivity index (χ1v) is 12.5. The third-order valence-electron chi connectivity index (χ3n) is 7.10. The van der Waals surface area contributed by atoms with E-state index in [1.165, 1.54) is 17.7 Å². The average molecular weight is 499 g/mol. The van der Waals surface area contributed by atoms with Crippen LogP contribution in [0, 0.1) is 12.7 Å². The number of amides is 1. The molecule has 0 unspecified atom stereocenters. The second-order valence-electron chi connectivity index (χ2n) is 9.53. The summed E-state index contributed by atoms with van der Waals surface area (Å²) >= 11 is 0. The number of halogens is 1. The highest BCUT2D eigenvalue weighted by molar-refractivity contribution is 6.01. The molecule has 0 radical (unpaired) electrons. The number of rotatable bonds is 6. The molecule has 190 valence electrons. The molecule has 3 aromatic carbocycles. The molecule has 1 fully saturated rings. The summed E-state index contributed by atoms with van der Waals surface area (Å²) in [5.41, 5.74) is 6.26. The molecular formula is C31H31FN2O3. The summed E-state index contributed by atoms with van der Waals surface area (Å²) in [7, 11) is 1.63. The Kier molecular flexibility index (Phi) is 7.10. The van der Waals surface area contributed by atoms with Crippen LogP contribution in [0.3, 0.4) is 0 Å². The molecule has 0 saturated carbocycles. The molecule has 0 atom stereocenters. The Morgan fingerprint density at radius 3 is 2.43 bits per heavy atom. The first-order valence-electron chi connectivity index (χ1n) is 12.5. The molecule has 0 N–H and O–H groups in total. The van der Waals surface area contributed by atoms with E-state index in [1.807, 2.05) is 30.9 Å². The van der Waals surface area contributed by atoms with Crippen LogP contribution < -0.4 is 4.74 Å². The van der Waals surface area contributed by atoms with Gasteiger partial charge in [-0.3, -0.25) is 9.69 Å². The average Bonchev–Trinajstić information content (AvgIpc) is 3.34. The summed E-state index contributed by atoms with van der Waals surface area (Å²) in [5.74, 6) is 0.401. The van der Waals surface area contributed by atoms with Crippen LogP contribution in [-0.2, 0) is 11.3 Å². The Morgan fingerprint density at radius 2 is 1.76 bits per heavy atom. The zero-order chi connectivity index (χ0) is 25.9. The van der Waals surface area contributed by atoms with Gasteiger partial charge in [0, 0.05) is 60.9 Å². The number of carbonyl (C=O) groups excluding carboxylic acids is 1. The second-order valence-corrected chi connectivity index (χ2v) is 9.53. The highest BCUT2D eigenvalue weighted by Gasteiger charge is 2.22. The largest absolute Gasteiger partial charge is 0.496 e. The third kappa shape index (κ3) is 5.16. The third-order valence-corrected chi connectivity index (χ3v) is 7.10. The van der Waals surface area contributed by atoms with Crippen molar-refractivity contribution in [3.63, 3.8) is 0 Å². The van der Waals surface area contributed by atoms with Crippen LogP contribution in [0.2, 0.25) is 0 Å². The topological polar surface area (TPSA) is 45.9 Å². The lowest BCUT2D eigenvalue weighted by atomic mass is 9.96. The number of carbonyl (C=O) groups is 1. The number of benzene rings is 3. The number of methoxy groups -OCH3 is 1. The van der Waals surface area contributed by atoms with Gasteiger partial charge in [0.05, 0.1) is 13.4 Å². The van der Waals surface area contributed by atoms with Crippen molar-refractivity contribution in [2.24, 2.45) is 0 Å². The Hall–Kier alpha value is -3.90. The van der Waals surface area contributed by atoms with Gasteiger partial charge < -0.3 is 14.1 Å². The van der Waals surface area contributed by atoms with E-state index in [4.69, 9.17) is 9.15 Å². The standard InChI is InChI=1S/C31H31FN2O3/c1-21(17-29(35)34-15-13-33(14-16-34)19-23-7-5-4-6-8-23)26-18-27-28(24-9-11-25(32)12-10-24)20-37-31(27)22(2)30(26)36-3/h4-12,17-18,20H,13-16,19H2,1-3H3/b21-17+. The van der Waals surface area contributed by atoms with Crippen molar-refractivity contribution >= 4 is 22.4 Å². The summed E-state index contributed by atoms with van der Waals surface area (Å²) in [6.45, 7) is 7.86. The van der Waals surface area contributed by atoms with Crippen LogP contribution in [0.25, 0.3) is 27.7 Å². The summed E-state index contributed by atoms with van der Waals surface area (Å²) in [6, 6.07) is 18.8. The van der Waals surface area contributed by atoms with E-state index in [0.717, 1.165) is 52.8 Å². The second kappa shape index (κ2) is 10.6. The highest BCUT2D eigenvalue weighted by atomic mass is 19.1. The summed E-state index contributed by atoms with van der Waals surface area (Å²) in [4.78, 5) is 17.5. The Labute approximate surface area is 216 Å². The van der Waals surface area contributed by atoms with E-state index in [9.17, 15) is 9.18 Å². The Bertz CT molecular complexity index is 1430. The molecule has 0 aliphatic carbocycles. The number of hydrogen-bond donors (Lipinski definition) is 0. The van der Waals surface area contributed by atoms with Crippen LogP contribution in [0.1, 0.15) is 23.6 Å². The lowest BCUT2D eigenvalue weighted by Crippen LogP contribution is -2.47. The fourth-order valence-corrected chi connectivity index (χ4v) is 5.05. The van der Waals surface area contributed by atoms with E-state index in [-0.39, 0.29) is 11.7 Å². The van der Waals surface area contributed by atoms with Gasteiger partial charge in [0.1, 0.15) is 17.1 Å². The van der Waals surface area contributed by atoms with Gasteiger partial charge in [-0.25, -0.2) is 4.39 Å². The number of piperazine rings is 1. The van der Waals surface area contributed by atoms with E-state index in [2.05, 4.69) is 29.2 Å². The number of allylic oxidation sites excluding steroid dienone is 1. The SMILES string of the molecule is COc1c(/C(C)=C/C(=O)N2CCN(Cc3ccccc3)CC2)cc2c(-c3ccc(F)cc3)coc2c1C. The molecule has 0 spiro atoms. The molecule has 1 aliphatic rings. The number of fused-ring (bicyclic) bond motifs is 1. The minimum Gasteiger partial charge on any atom is -0.496 e. The van der Waals surface area contributed by atoms with E-state index in [1.54, 1.807) is 31.6 Å². The molecule has 0 bridgehead atoms. The summed E-state index contributed by atoms with van der Waals surface area (Å²) < 4.78 is 25.1. The molecule has 1 aliphatic heterocycles. The number of aryl methyl sites for hydroxylation is 1. The number of nitrogens with zero attached hydrogens (tertiary/aromatic N) is 2. The van der Waals surface area contributed by atoms with Crippen molar-refractivity contribution in [2.75, 3.05) is 33.3 Å². The van der Waals surface area contributed by atoms with Crippen LogP contribution in [-0.4, -0.2) is 49.0 Å². The number of furan rings is 1. The minimum absolute atomic E-state index is 0.00242. The van der Waals surface area contributed by atoms with Crippen LogP contribution in [0.15, 0.2) is 77.4 Å². The molecule has 37 heavy (non-hydrogen) atoms. The first-order chi connectivity index (χ1) is 17.9. The maximum atomic E-state index is 13.5. The van der Waals surface area contributed by atoms with Gasteiger partial charge in [-0.05, 0) is 48.7 Å². The summed E-state index contributed by atoms with van der Waals surface area (Å²) in [6.07, 6.45) is 3.39. The number of ether oxygens (including phenoxy) is 1. The lowest BCUT2D eigenvalue weighted by Gasteiger charge is -2.34. The molecule has 1 aromatic heterocycles. The van der Waals surface area contributed by atoms with Crippen molar-refractivity contribution in [3.8, 4) is 16.9 Å². The Balaban J connectivity index is 1.37. The minimum atomic E-state index is -0.284. The first kappa shape index (κ1) is 24.8. The van der Waals surface area contributed by atoms with Crippen LogP contribution >= 0.6 is 0 Å². The van der Waals surface area contributed by atoms with Gasteiger partial charge in [0.25, 0.3) is 0 Å². The van der Waals surface area contributed by atoms with Crippen molar-refractivity contribution in [1.82, 2.24) is 9.80 Å². The van der Waals surface area contributed by atoms with Crippen molar-refractivity contribution in [3.05, 3.63) is 95.5 Å². The molecule has 5 nitrogen and oxygen atoms in total. The van der Waals surface area contributed by atoms with E-state index < -0.39 is 0 Å². The zero-order valence-electron chi connectivity index (χ0n) is 21.5. The quantitative estimate of drug-likeness (QED) is 0.293. The molecule has 1 amide bonds. The molecule has 4 aromatic rings. The van der Waals surface area contributed by atoms with Gasteiger partial charge in [-0.2, -0.15) is 0 Å². The van der Waals surface area contributed by atoms with Gasteiger partial charge >= 0.3 is 0 Å². The van der Waals surface area contributed by atoms with Crippen molar-refractivity contribution < 1.29 is 18.3 Å². The zero-order valence-corrected chi connectivity index (χ0v) is 21.5. The highest BCUT2D eigenvalue weighted by Crippen LogP contribution is 2.40. The van der Waals surface area contributed by atoms with Crippen LogP contribution in [0.5, 0.6) is 5.75 Å². The van der Waals surface area contributed by atoms with Gasteiger partial charge in [0.2, 0.25) is 5.91 Å². The fourth-order valence-electron chi connectivity index (χ4n) is 5.05. The molecule has 2 heterocycles.